The van der Waals surface area contributed by atoms with Crippen LogP contribution in [-0.4, -0.2) is 12.0 Å². The third-order valence-electron chi connectivity index (χ3n) is 2.00. The third-order valence-corrected chi connectivity index (χ3v) is 2.89. The molecule has 0 bridgehead atoms. The molecule has 78 valence electrons. The smallest absolute Gasteiger partial charge is 0.404 e. The first-order valence-electron chi connectivity index (χ1n) is 4.10. The van der Waals surface area contributed by atoms with Crippen molar-refractivity contribution in [3.8, 4) is 5.75 Å². The van der Waals surface area contributed by atoms with E-state index in [-0.39, 0.29) is 0 Å². The standard InChI is InChI=1S/C9H13O4P/c1-7-5-4-6-9(8(7)2)13-14(10,11)12-3/h4-6H,1-3H3,(H,10,11). The summed E-state index contributed by atoms with van der Waals surface area (Å²) in [5.41, 5.74) is 1.83. The summed E-state index contributed by atoms with van der Waals surface area (Å²) in [5, 5.41) is 0. The lowest BCUT2D eigenvalue weighted by Gasteiger charge is -2.13. The number of benzene rings is 1. The van der Waals surface area contributed by atoms with Crippen LogP contribution in [0.25, 0.3) is 0 Å². The van der Waals surface area contributed by atoms with Crippen molar-refractivity contribution in [1.29, 1.82) is 0 Å². The first-order valence-corrected chi connectivity index (χ1v) is 5.60. The zero-order chi connectivity index (χ0) is 10.8. The maximum Gasteiger partial charge on any atom is 0.527 e. The fourth-order valence-electron chi connectivity index (χ4n) is 0.985. The van der Waals surface area contributed by atoms with Crippen molar-refractivity contribution in [2.45, 2.75) is 13.8 Å². The van der Waals surface area contributed by atoms with Crippen molar-refractivity contribution in [3.05, 3.63) is 29.3 Å². The van der Waals surface area contributed by atoms with E-state index in [1.807, 2.05) is 19.9 Å². The first kappa shape index (κ1) is 11.2. The number of phosphoric ester groups is 1. The second-order valence-corrected chi connectivity index (χ2v) is 4.43. The van der Waals surface area contributed by atoms with Crippen LogP contribution in [-0.2, 0) is 9.09 Å². The molecule has 0 aliphatic carbocycles. The summed E-state index contributed by atoms with van der Waals surface area (Å²) in [6, 6.07) is 5.29. The molecule has 0 heterocycles. The Morgan fingerprint density at radius 1 is 1.36 bits per heavy atom. The van der Waals surface area contributed by atoms with E-state index < -0.39 is 7.82 Å². The summed E-state index contributed by atoms with van der Waals surface area (Å²) < 4.78 is 20.3. The molecule has 1 aromatic rings. The van der Waals surface area contributed by atoms with Crippen molar-refractivity contribution in [1.82, 2.24) is 0 Å². The molecule has 0 aliphatic rings. The molecule has 0 saturated heterocycles. The highest BCUT2D eigenvalue weighted by Gasteiger charge is 2.21. The van der Waals surface area contributed by atoms with E-state index >= 15 is 0 Å². The van der Waals surface area contributed by atoms with E-state index in [1.165, 1.54) is 0 Å². The van der Waals surface area contributed by atoms with E-state index in [4.69, 9.17) is 9.42 Å². The molecule has 5 heteroatoms. The molecule has 1 rings (SSSR count). The highest BCUT2D eigenvalue weighted by atomic mass is 31.2. The average Bonchev–Trinajstić information content (AvgIpc) is 2.13. The Kier molecular flexibility index (Phi) is 3.32. The molecule has 0 saturated carbocycles. The van der Waals surface area contributed by atoms with E-state index in [2.05, 4.69) is 4.52 Å². The normalized spacial score (nSPS) is 14.9. The van der Waals surface area contributed by atoms with Gasteiger partial charge in [-0.3, -0.25) is 9.42 Å². The Morgan fingerprint density at radius 3 is 2.57 bits per heavy atom. The molecular formula is C9H13O4P. The predicted molar refractivity (Wildman–Crippen MR) is 53.4 cm³/mol. The second kappa shape index (κ2) is 4.13. The largest absolute Gasteiger partial charge is 0.527 e. The number of phosphoric acid groups is 1. The minimum absolute atomic E-state index is 0.373. The molecule has 4 nitrogen and oxygen atoms in total. The lowest BCUT2D eigenvalue weighted by atomic mass is 10.1. The van der Waals surface area contributed by atoms with Gasteiger partial charge in [-0.1, -0.05) is 12.1 Å². The number of aryl methyl sites for hydroxylation is 1. The molecule has 0 aromatic heterocycles. The molecule has 1 atom stereocenters. The van der Waals surface area contributed by atoms with Gasteiger partial charge in [-0.25, -0.2) is 4.57 Å². The van der Waals surface area contributed by atoms with E-state index in [0.29, 0.717) is 5.75 Å². The molecule has 0 fully saturated rings. The Hall–Kier alpha value is -0.830. The van der Waals surface area contributed by atoms with Crippen LogP contribution in [0.15, 0.2) is 18.2 Å². The number of hydrogen-bond donors (Lipinski definition) is 1. The molecule has 0 aliphatic heterocycles. The maximum absolute atomic E-state index is 11.1. The molecule has 0 radical (unpaired) electrons. The fourth-order valence-corrected chi connectivity index (χ4v) is 1.51. The van der Waals surface area contributed by atoms with Crippen LogP contribution >= 0.6 is 7.82 Å². The molecule has 14 heavy (non-hydrogen) atoms. The van der Waals surface area contributed by atoms with Gasteiger partial charge in [0, 0.05) is 7.11 Å². The van der Waals surface area contributed by atoms with Gasteiger partial charge in [0.05, 0.1) is 0 Å². The SMILES string of the molecule is COP(=O)(O)Oc1cccc(C)c1C. The topological polar surface area (TPSA) is 55.8 Å². The van der Waals surface area contributed by atoms with Gasteiger partial charge in [0.15, 0.2) is 0 Å². The Morgan fingerprint density at radius 2 is 2.00 bits per heavy atom. The van der Waals surface area contributed by atoms with Gasteiger partial charge in [-0.2, -0.15) is 0 Å². The first-order chi connectivity index (χ1) is 6.46. The Balaban J connectivity index is 2.98. The lowest BCUT2D eigenvalue weighted by Crippen LogP contribution is -1.96. The van der Waals surface area contributed by atoms with E-state index in [0.717, 1.165) is 18.2 Å². The molecular weight excluding hydrogens is 203 g/mol. The van der Waals surface area contributed by atoms with Crippen LogP contribution in [0.2, 0.25) is 0 Å². The van der Waals surface area contributed by atoms with Crippen LogP contribution in [0, 0.1) is 13.8 Å². The zero-order valence-electron chi connectivity index (χ0n) is 8.35. The van der Waals surface area contributed by atoms with Crippen LogP contribution < -0.4 is 4.52 Å². The van der Waals surface area contributed by atoms with Crippen LogP contribution in [0.5, 0.6) is 5.75 Å². The predicted octanol–water partition coefficient (Wildman–Crippen LogP) is 2.43. The molecule has 1 aromatic carbocycles. The van der Waals surface area contributed by atoms with E-state index in [1.54, 1.807) is 12.1 Å². The molecule has 0 amide bonds. The van der Waals surface area contributed by atoms with Crippen LogP contribution in [0.3, 0.4) is 0 Å². The summed E-state index contributed by atoms with van der Waals surface area (Å²) in [5.74, 6) is 0.373. The van der Waals surface area contributed by atoms with Gasteiger partial charge in [-0.15, -0.1) is 0 Å². The Labute approximate surface area is 83.1 Å². The van der Waals surface area contributed by atoms with Gasteiger partial charge in [0.1, 0.15) is 5.75 Å². The van der Waals surface area contributed by atoms with Crippen molar-refractivity contribution in [3.63, 3.8) is 0 Å². The zero-order valence-corrected chi connectivity index (χ0v) is 9.25. The minimum atomic E-state index is -3.94. The highest BCUT2D eigenvalue weighted by molar-refractivity contribution is 7.47. The highest BCUT2D eigenvalue weighted by Crippen LogP contribution is 2.43. The van der Waals surface area contributed by atoms with Gasteiger partial charge in [0.2, 0.25) is 0 Å². The van der Waals surface area contributed by atoms with Crippen molar-refractivity contribution < 1.29 is 18.5 Å². The second-order valence-electron chi connectivity index (χ2n) is 2.94. The lowest BCUT2D eigenvalue weighted by molar-refractivity contribution is 0.242. The summed E-state index contributed by atoms with van der Waals surface area (Å²) >= 11 is 0. The minimum Gasteiger partial charge on any atom is -0.404 e. The fraction of sp³-hybridized carbons (Fsp3) is 0.333. The van der Waals surface area contributed by atoms with Gasteiger partial charge >= 0.3 is 7.82 Å². The molecule has 1 unspecified atom stereocenters. The monoisotopic (exact) mass is 216 g/mol. The number of hydrogen-bond acceptors (Lipinski definition) is 3. The van der Waals surface area contributed by atoms with Gasteiger partial charge < -0.3 is 4.52 Å². The van der Waals surface area contributed by atoms with Crippen molar-refractivity contribution in [2.75, 3.05) is 7.11 Å². The van der Waals surface area contributed by atoms with Crippen LogP contribution in [0.1, 0.15) is 11.1 Å². The van der Waals surface area contributed by atoms with E-state index in [9.17, 15) is 4.57 Å². The van der Waals surface area contributed by atoms with Gasteiger partial charge in [0.25, 0.3) is 0 Å². The van der Waals surface area contributed by atoms with Crippen LogP contribution in [0.4, 0.5) is 0 Å². The molecule has 1 N–H and O–H groups in total. The molecule has 0 spiro atoms. The van der Waals surface area contributed by atoms with Crippen molar-refractivity contribution in [2.24, 2.45) is 0 Å². The maximum atomic E-state index is 11.1. The van der Waals surface area contributed by atoms with Gasteiger partial charge in [-0.05, 0) is 31.0 Å². The Bertz CT molecular complexity index is 375. The summed E-state index contributed by atoms with van der Waals surface area (Å²) in [6.07, 6.45) is 0. The van der Waals surface area contributed by atoms with Crippen molar-refractivity contribution >= 4 is 7.82 Å². The average molecular weight is 216 g/mol. The summed E-state index contributed by atoms with van der Waals surface area (Å²) in [6.45, 7) is 3.72. The summed E-state index contributed by atoms with van der Waals surface area (Å²) in [7, 11) is -2.81. The quantitative estimate of drug-likeness (QED) is 0.788. The summed E-state index contributed by atoms with van der Waals surface area (Å²) in [4.78, 5) is 9.10. The number of rotatable bonds is 3. The third kappa shape index (κ3) is 2.58.